The lowest BCUT2D eigenvalue weighted by Gasteiger charge is -2.03. The van der Waals surface area contributed by atoms with E-state index in [9.17, 15) is 9.59 Å². The third-order valence-corrected chi connectivity index (χ3v) is 2.47. The molecule has 0 saturated heterocycles. The Bertz CT molecular complexity index is 595. The largest absolute Gasteiger partial charge is 0.305 e. The topological polar surface area (TPSA) is 56.4 Å². The zero-order valence-electron chi connectivity index (χ0n) is 9.30. The molecule has 0 aliphatic heterocycles. The molecular weight excluding hydrogens is 206 g/mol. The maximum Gasteiger partial charge on any atom is 0.276 e. The van der Waals surface area contributed by atoms with E-state index in [1.54, 1.807) is 25.4 Å². The minimum atomic E-state index is -0.176. The Morgan fingerprint density at radius 2 is 2.19 bits per heavy atom. The number of hydrogen-bond donors (Lipinski definition) is 0. The summed E-state index contributed by atoms with van der Waals surface area (Å²) in [5, 5.41) is 4.13. The third-order valence-electron chi connectivity index (χ3n) is 2.47. The van der Waals surface area contributed by atoms with Gasteiger partial charge in [-0.3, -0.25) is 9.59 Å². The van der Waals surface area contributed by atoms with Gasteiger partial charge in [0, 0.05) is 18.8 Å². The smallest absolute Gasteiger partial charge is 0.276 e. The monoisotopic (exact) mass is 219 g/mol. The zero-order valence-corrected chi connectivity index (χ0v) is 9.30. The fourth-order valence-corrected chi connectivity index (χ4v) is 1.57. The highest BCUT2D eigenvalue weighted by Crippen LogP contribution is 2.00. The summed E-state index contributed by atoms with van der Waals surface area (Å²) in [4.78, 5) is 23.2. The van der Waals surface area contributed by atoms with E-state index in [0.29, 0.717) is 11.9 Å². The van der Waals surface area contributed by atoms with Crippen molar-refractivity contribution in [3.8, 4) is 0 Å². The SMILES string of the molecule is CCC(=O)Cn1ccn2nc(C)cc2c1=O. The van der Waals surface area contributed by atoms with E-state index in [-0.39, 0.29) is 17.9 Å². The molecule has 0 N–H and O–H groups in total. The summed E-state index contributed by atoms with van der Waals surface area (Å²) in [6.45, 7) is 3.75. The minimum absolute atomic E-state index is 0.0442. The van der Waals surface area contributed by atoms with Crippen LogP contribution in [0.2, 0.25) is 0 Å². The Hall–Kier alpha value is -1.91. The van der Waals surface area contributed by atoms with Crippen LogP contribution < -0.4 is 5.56 Å². The molecule has 2 aromatic heterocycles. The molecule has 0 aromatic carbocycles. The van der Waals surface area contributed by atoms with Gasteiger partial charge in [-0.1, -0.05) is 6.92 Å². The third kappa shape index (κ3) is 1.76. The Labute approximate surface area is 92.3 Å². The van der Waals surface area contributed by atoms with Gasteiger partial charge in [0.25, 0.3) is 5.56 Å². The summed E-state index contributed by atoms with van der Waals surface area (Å²) >= 11 is 0. The molecule has 84 valence electrons. The van der Waals surface area contributed by atoms with E-state index >= 15 is 0 Å². The number of carbonyl (C=O) groups is 1. The summed E-state index contributed by atoms with van der Waals surface area (Å²) < 4.78 is 2.95. The molecule has 2 aromatic rings. The number of nitrogens with zero attached hydrogens (tertiary/aromatic N) is 3. The second-order valence-electron chi connectivity index (χ2n) is 3.74. The molecule has 0 bridgehead atoms. The Morgan fingerprint density at radius 1 is 1.44 bits per heavy atom. The van der Waals surface area contributed by atoms with Gasteiger partial charge in [0.15, 0.2) is 5.78 Å². The number of fused-ring (bicyclic) bond motifs is 1. The molecule has 2 heterocycles. The van der Waals surface area contributed by atoms with E-state index in [1.165, 1.54) is 9.08 Å². The van der Waals surface area contributed by atoms with Gasteiger partial charge < -0.3 is 4.57 Å². The molecule has 0 amide bonds. The molecule has 2 rings (SSSR count). The van der Waals surface area contributed by atoms with Gasteiger partial charge in [0.05, 0.1) is 12.2 Å². The summed E-state index contributed by atoms with van der Waals surface area (Å²) in [7, 11) is 0. The predicted octanol–water partition coefficient (Wildman–Crippen LogP) is 0.784. The van der Waals surface area contributed by atoms with Crippen LogP contribution in [0.1, 0.15) is 19.0 Å². The molecule has 0 spiro atoms. The number of carbonyl (C=O) groups excluding carboxylic acids is 1. The van der Waals surface area contributed by atoms with Gasteiger partial charge in [-0.2, -0.15) is 5.10 Å². The van der Waals surface area contributed by atoms with Gasteiger partial charge in [-0.25, -0.2) is 4.52 Å². The molecule has 0 aliphatic rings. The highest BCUT2D eigenvalue weighted by atomic mass is 16.1. The Balaban J connectivity index is 2.52. The molecule has 0 saturated carbocycles. The summed E-state index contributed by atoms with van der Waals surface area (Å²) in [5.41, 5.74) is 1.12. The minimum Gasteiger partial charge on any atom is -0.305 e. The van der Waals surface area contributed by atoms with Crippen LogP contribution in [0.4, 0.5) is 0 Å². The first-order valence-corrected chi connectivity index (χ1v) is 5.19. The van der Waals surface area contributed by atoms with Crippen LogP contribution in [0.25, 0.3) is 5.52 Å². The summed E-state index contributed by atoms with van der Waals surface area (Å²) in [6.07, 6.45) is 3.72. The van der Waals surface area contributed by atoms with Crippen molar-refractivity contribution in [2.24, 2.45) is 0 Å². The molecular formula is C11H13N3O2. The van der Waals surface area contributed by atoms with Crippen LogP contribution in [0.3, 0.4) is 0 Å². The van der Waals surface area contributed by atoms with Crippen molar-refractivity contribution in [3.05, 3.63) is 34.5 Å². The van der Waals surface area contributed by atoms with Crippen molar-refractivity contribution in [2.45, 2.75) is 26.8 Å². The van der Waals surface area contributed by atoms with Crippen molar-refractivity contribution < 1.29 is 4.79 Å². The number of hydrogen-bond acceptors (Lipinski definition) is 3. The van der Waals surface area contributed by atoms with Crippen molar-refractivity contribution in [1.82, 2.24) is 14.2 Å². The first-order chi connectivity index (χ1) is 7.61. The normalized spacial score (nSPS) is 10.9. The number of aryl methyl sites for hydroxylation is 1. The van der Waals surface area contributed by atoms with E-state index in [0.717, 1.165) is 5.69 Å². The molecule has 0 unspecified atom stereocenters. The number of Topliss-reactive ketones (excluding diaryl/α,β-unsaturated/α-hetero) is 1. The molecule has 16 heavy (non-hydrogen) atoms. The van der Waals surface area contributed by atoms with Gasteiger partial charge in [0.1, 0.15) is 5.52 Å². The van der Waals surface area contributed by atoms with E-state index in [4.69, 9.17) is 0 Å². The van der Waals surface area contributed by atoms with Crippen LogP contribution in [-0.4, -0.2) is 20.0 Å². The maximum atomic E-state index is 11.9. The predicted molar refractivity (Wildman–Crippen MR) is 59.5 cm³/mol. The average Bonchev–Trinajstić information content (AvgIpc) is 2.64. The molecule has 0 atom stereocenters. The molecule has 0 fully saturated rings. The Kier molecular flexibility index (Phi) is 2.60. The van der Waals surface area contributed by atoms with Crippen LogP contribution in [0.15, 0.2) is 23.3 Å². The number of ketones is 1. The van der Waals surface area contributed by atoms with Gasteiger partial charge in [-0.05, 0) is 13.0 Å². The highest BCUT2D eigenvalue weighted by Gasteiger charge is 2.07. The second-order valence-corrected chi connectivity index (χ2v) is 3.74. The van der Waals surface area contributed by atoms with Gasteiger partial charge >= 0.3 is 0 Å². The summed E-state index contributed by atoms with van der Waals surface area (Å²) in [6, 6.07) is 1.72. The quantitative estimate of drug-likeness (QED) is 0.766. The van der Waals surface area contributed by atoms with Gasteiger partial charge in [-0.15, -0.1) is 0 Å². The fraction of sp³-hybridized carbons (Fsp3) is 0.364. The van der Waals surface area contributed by atoms with Crippen molar-refractivity contribution in [3.63, 3.8) is 0 Å². The van der Waals surface area contributed by atoms with Gasteiger partial charge in [0.2, 0.25) is 0 Å². The lowest BCUT2D eigenvalue weighted by Crippen LogP contribution is -2.24. The number of aromatic nitrogens is 3. The standard InChI is InChI=1S/C11H13N3O2/c1-3-9(15)7-13-4-5-14-10(11(13)16)6-8(2)12-14/h4-6H,3,7H2,1-2H3. The summed E-state index contributed by atoms with van der Waals surface area (Å²) in [5.74, 6) is 0.0442. The van der Waals surface area contributed by atoms with E-state index in [1.807, 2.05) is 6.92 Å². The number of rotatable bonds is 3. The van der Waals surface area contributed by atoms with E-state index in [2.05, 4.69) is 5.10 Å². The second kappa shape index (κ2) is 3.92. The molecule has 0 aliphatic carbocycles. The van der Waals surface area contributed by atoms with Crippen molar-refractivity contribution in [1.29, 1.82) is 0 Å². The fourth-order valence-electron chi connectivity index (χ4n) is 1.57. The highest BCUT2D eigenvalue weighted by molar-refractivity contribution is 5.77. The van der Waals surface area contributed by atoms with E-state index < -0.39 is 0 Å². The van der Waals surface area contributed by atoms with Crippen LogP contribution in [0, 0.1) is 6.92 Å². The molecule has 5 nitrogen and oxygen atoms in total. The molecule has 0 radical (unpaired) electrons. The maximum absolute atomic E-state index is 11.9. The first-order valence-electron chi connectivity index (χ1n) is 5.19. The first kappa shape index (κ1) is 10.6. The molecule has 5 heteroatoms. The average molecular weight is 219 g/mol. The van der Waals surface area contributed by atoms with Crippen LogP contribution in [-0.2, 0) is 11.3 Å². The zero-order chi connectivity index (χ0) is 11.7. The lowest BCUT2D eigenvalue weighted by molar-refractivity contribution is -0.119. The van der Waals surface area contributed by atoms with Crippen LogP contribution >= 0.6 is 0 Å². The van der Waals surface area contributed by atoms with Crippen molar-refractivity contribution >= 4 is 11.3 Å². The van der Waals surface area contributed by atoms with Crippen LogP contribution in [0.5, 0.6) is 0 Å². The van der Waals surface area contributed by atoms with Crippen molar-refractivity contribution in [2.75, 3.05) is 0 Å². The lowest BCUT2D eigenvalue weighted by atomic mass is 10.3. The Morgan fingerprint density at radius 3 is 2.88 bits per heavy atom.